The highest BCUT2D eigenvalue weighted by molar-refractivity contribution is 5.79. The summed E-state index contributed by atoms with van der Waals surface area (Å²) in [5, 5.41) is 10.7. The lowest BCUT2D eigenvalue weighted by atomic mass is 10.2. The van der Waals surface area contributed by atoms with E-state index in [0.717, 1.165) is 45.2 Å². The zero-order chi connectivity index (χ0) is 15.3. The van der Waals surface area contributed by atoms with Gasteiger partial charge in [-0.3, -0.25) is 9.67 Å². The molecular weight excluding hydrogens is 266 g/mol. The second kappa shape index (κ2) is 11.1. The lowest BCUT2D eigenvalue weighted by Crippen LogP contribution is -2.39. The minimum atomic E-state index is 0.578. The molecule has 0 saturated heterocycles. The molecule has 1 aromatic heterocycles. The van der Waals surface area contributed by atoms with Crippen molar-refractivity contribution in [2.45, 2.75) is 33.7 Å². The van der Waals surface area contributed by atoms with E-state index >= 15 is 0 Å². The Labute approximate surface area is 128 Å². The molecule has 0 aliphatic heterocycles. The fraction of sp³-hybridized carbons (Fsp3) is 0.733. The van der Waals surface area contributed by atoms with Crippen molar-refractivity contribution in [3.63, 3.8) is 0 Å². The Morgan fingerprint density at radius 2 is 2.24 bits per heavy atom. The SMILES string of the molecule is CCNC(=NCCCn1cccn1)NCCOCC(C)C. The molecule has 0 fully saturated rings. The van der Waals surface area contributed by atoms with Crippen molar-refractivity contribution in [3.05, 3.63) is 18.5 Å². The molecule has 21 heavy (non-hydrogen) atoms. The Morgan fingerprint density at radius 1 is 1.38 bits per heavy atom. The van der Waals surface area contributed by atoms with Crippen LogP contribution < -0.4 is 10.6 Å². The zero-order valence-corrected chi connectivity index (χ0v) is 13.5. The van der Waals surface area contributed by atoms with Crippen LogP contribution in [0.3, 0.4) is 0 Å². The number of hydrogen-bond donors (Lipinski definition) is 2. The largest absolute Gasteiger partial charge is 0.379 e. The Balaban J connectivity index is 2.16. The maximum Gasteiger partial charge on any atom is 0.191 e. The topological polar surface area (TPSA) is 63.5 Å². The molecule has 2 N–H and O–H groups in total. The zero-order valence-electron chi connectivity index (χ0n) is 13.5. The highest BCUT2D eigenvalue weighted by atomic mass is 16.5. The minimum absolute atomic E-state index is 0.578. The molecule has 0 bridgehead atoms. The van der Waals surface area contributed by atoms with E-state index in [2.05, 4.69) is 41.5 Å². The number of guanidine groups is 1. The average Bonchev–Trinajstić information content (AvgIpc) is 2.96. The van der Waals surface area contributed by atoms with E-state index in [1.807, 2.05) is 16.9 Å². The maximum atomic E-state index is 5.54. The van der Waals surface area contributed by atoms with Gasteiger partial charge in [-0.2, -0.15) is 5.10 Å². The summed E-state index contributed by atoms with van der Waals surface area (Å²) in [7, 11) is 0. The van der Waals surface area contributed by atoms with E-state index in [0.29, 0.717) is 12.5 Å². The molecule has 1 heterocycles. The molecule has 0 atom stereocenters. The molecule has 6 heteroatoms. The molecule has 0 aromatic carbocycles. The van der Waals surface area contributed by atoms with Gasteiger partial charge in [0.05, 0.1) is 6.61 Å². The van der Waals surface area contributed by atoms with Crippen molar-refractivity contribution >= 4 is 5.96 Å². The number of aliphatic imine (C=N–C) groups is 1. The average molecular weight is 295 g/mol. The number of ether oxygens (including phenoxy) is 1. The van der Waals surface area contributed by atoms with Gasteiger partial charge < -0.3 is 15.4 Å². The van der Waals surface area contributed by atoms with E-state index in [4.69, 9.17) is 4.74 Å². The van der Waals surface area contributed by atoms with Gasteiger partial charge in [-0.1, -0.05) is 13.8 Å². The number of nitrogens with zero attached hydrogens (tertiary/aromatic N) is 3. The lowest BCUT2D eigenvalue weighted by molar-refractivity contribution is 0.114. The van der Waals surface area contributed by atoms with Crippen LogP contribution in [0.5, 0.6) is 0 Å². The van der Waals surface area contributed by atoms with Crippen LogP contribution in [0.25, 0.3) is 0 Å². The highest BCUT2D eigenvalue weighted by Gasteiger charge is 1.98. The molecule has 1 aromatic rings. The van der Waals surface area contributed by atoms with Crippen molar-refractivity contribution in [2.24, 2.45) is 10.9 Å². The molecule has 0 aliphatic rings. The number of nitrogens with one attached hydrogen (secondary N) is 2. The fourth-order valence-electron chi connectivity index (χ4n) is 1.76. The second-order valence-electron chi connectivity index (χ2n) is 5.28. The first-order chi connectivity index (χ1) is 10.2. The molecule has 0 amide bonds. The van der Waals surface area contributed by atoms with Crippen LogP contribution in [0.15, 0.2) is 23.5 Å². The monoisotopic (exact) mass is 295 g/mol. The molecule has 0 radical (unpaired) electrons. The smallest absolute Gasteiger partial charge is 0.191 e. The van der Waals surface area contributed by atoms with Crippen LogP contribution in [0.4, 0.5) is 0 Å². The standard InChI is InChI=1S/C15H29N5O/c1-4-16-15(18-9-12-21-13-14(2)3)17-7-5-10-20-11-6-8-19-20/h6,8,11,14H,4-5,7,9-10,12-13H2,1-3H3,(H2,16,17,18). The Hall–Kier alpha value is -1.56. The molecule has 120 valence electrons. The molecule has 1 rings (SSSR count). The van der Waals surface area contributed by atoms with Gasteiger partial charge in [-0.25, -0.2) is 0 Å². The maximum absolute atomic E-state index is 5.54. The summed E-state index contributed by atoms with van der Waals surface area (Å²) in [5.41, 5.74) is 0. The second-order valence-corrected chi connectivity index (χ2v) is 5.28. The Bertz CT molecular complexity index is 375. The van der Waals surface area contributed by atoms with Gasteiger partial charge in [0.25, 0.3) is 0 Å². The van der Waals surface area contributed by atoms with Gasteiger partial charge in [0.15, 0.2) is 5.96 Å². The first-order valence-electron chi connectivity index (χ1n) is 7.79. The summed E-state index contributed by atoms with van der Waals surface area (Å²) in [6.07, 6.45) is 4.74. The van der Waals surface area contributed by atoms with Crippen molar-refractivity contribution in [1.29, 1.82) is 0 Å². The van der Waals surface area contributed by atoms with Crippen molar-refractivity contribution < 1.29 is 4.74 Å². The van der Waals surface area contributed by atoms with Crippen molar-refractivity contribution in [3.8, 4) is 0 Å². The first-order valence-corrected chi connectivity index (χ1v) is 7.79. The van der Waals surface area contributed by atoms with Crippen molar-refractivity contribution in [1.82, 2.24) is 20.4 Å². The third kappa shape index (κ3) is 9.07. The van der Waals surface area contributed by atoms with Crippen molar-refractivity contribution in [2.75, 3.05) is 32.8 Å². The van der Waals surface area contributed by atoms with Gasteiger partial charge in [-0.05, 0) is 25.3 Å². The van der Waals surface area contributed by atoms with Crippen LogP contribution in [0.1, 0.15) is 27.2 Å². The van der Waals surface area contributed by atoms with Crippen LogP contribution in [-0.4, -0.2) is 48.6 Å². The Kier molecular flexibility index (Phi) is 9.28. The van der Waals surface area contributed by atoms with Gasteiger partial charge in [0.1, 0.15) is 0 Å². The summed E-state index contributed by atoms with van der Waals surface area (Å²) in [5.74, 6) is 1.43. The first kappa shape index (κ1) is 17.5. The molecule has 0 aliphatic carbocycles. The van der Waals surface area contributed by atoms with E-state index < -0.39 is 0 Å². The lowest BCUT2D eigenvalue weighted by Gasteiger charge is -2.12. The third-order valence-electron chi connectivity index (χ3n) is 2.71. The number of hydrogen-bond acceptors (Lipinski definition) is 3. The highest BCUT2D eigenvalue weighted by Crippen LogP contribution is 1.92. The van der Waals surface area contributed by atoms with E-state index in [1.54, 1.807) is 6.20 Å². The van der Waals surface area contributed by atoms with E-state index in [9.17, 15) is 0 Å². The fourth-order valence-corrected chi connectivity index (χ4v) is 1.76. The van der Waals surface area contributed by atoms with E-state index in [-0.39, 0.29) is 0 Å². The minimum Gasteiger partial charge on any atom is -0.379 e. The van der Waals surface area contributed by atoms with Crippen LogP contribution in [-0.2, 0) is 11.3 Å². The van der Waals surface area contributed by atoms with Gasteiger partial charge in [0, 0.05) is 45.2 Å². The van der Waals surface area contributed by atoms with Crippen LogP contribution in [0, 0.1) is 5.92 Å². The number of aromatic nitrogens is 2. The Morgan fingerprint density at radius 3 is 2.90 bits per heavy atom. The summed E-state index contributed by atoms with van der Waals surface area (Å²) >= 11 is 0. The van der Waals surface area contributed by atoms with Crippen LogP contribution in [0.2, 0.25) is 0 Å². The summed E-state index contributed by atoms with van der Waals surface area (Å²) in [4.78, 5) is 4.54. The molecule has 6 nitrogen and oxygen atoms in total. The molecular formula is C15H29N5O. The normalized spacial score (nSPS) is 11.9. The predicted molar refractivity (Wildman–Crippen MR) is 86.5 cm³/mol. The van der Waals surface area contributed by atoms with Gasteiger partial charge in [0.2, 0.25) is 0 Å². The van der Waals surface area contributed by atoms with E-state index in [1.165, 1.54) is 0 Å². The third-order valence-corrected chi connectivity index (χ3v) is 2.71. The quantitative estimate of drug-likeness (QED) is 0.390. The van der Waals surface area contributed by atoms with Gasteiger partial charge >= 0.3 is 0 Å². The summed E-state index contributed by atoms with van der Waals surface area (Å²) < 4.78 is 7.47. The number of aryl methyl sites for hydroxylation is 1. The van der Waals surface area contributed by atoms with Gasteiger partial charge in [-0.15, -0.1) is 0 Å². The molecule has 0 spiro atoms. The molecule has 0 saturated carbocycles. The number of rotatable bonds is 10. The van der Waals surface area contributed by atoms with Crippen LogP contribution >= 0.6 is 0 Å². The summed E-state index contributed by atoms with van der Waals surface area (Å²) in [6.45, 7) is 11.2. The molecule has 0 unspecified atom stereocenters. The summed E-state index contributed by atoms with van der Waals surface area (Å²) in [6, 6.07) is 1.94. The predicted octanol–water partition coefficient (Wildman–Crippen LogP) is 1.50.